The number of Topliss-reactive ketones (excluding diaryl/α,β-unsaturated/α-hetero) is 1. The molecule has 0 bridgehead atoms. The topological polar surface area (TPSA) is 273 Å². The second-order valence-corrected chi connectivity index (χ2v) is 22.0. The van der Waals surface area contributed by atoms with E-state index < -0.39 is 66.5 Å². The van der Waals surface area contributed by atoms with Crippen molar-refractivity contribution in [3.8, 4) is 11.5 Å². The lowest BCUT2D eigenvalue weighted by molar-refractivity contribution is -0.151. The number of methoxy groups -OCH3 is 2. The van der Waals surface area contributed by atoms with Gasteiger partial charge in [-0.05, 0) is 90.2 Å². The van der Waals surface area contributed by atoms with Crippen molar-refractivity contribution in [3.05, 3.63) is 76.4 Å². The average molecular weight is 1150 g/mol. The Bertz CT molecular complexity index is 2700. The first-order chi connectivity index (χ1) is 35.3. The number of halogens is 6. The molecule has 0 spiro atoms. The first-order valence-electron chi connectivity index (χ1n) is 22.9. The van der Waals surface area contributed by atoms with Gasteiger partial charge in [0.1, 0.15) is 35.2 Å². The lowest BCUT2D eigenvalue weighted by atomic mass is 9.93. The molecular formula is C48H61F6N3O18S2. The first-order valence-corrected chi connectivity index (χ1v) is 25.7. The van der Waals surface area contributed by atoms with Gasteiger partial charge < -0.3 is 43.5 Å². The molecule has 0 aliphatic carbocycles. The van der Waals surface area contributed by atoms with Crippen LogP contribution in [0.15, 0.2) is 65.3 Å². The Labute approximate surface area is 441 Å². The Balaban J connectivity index is 0.000000360. The molecule has 29 heteroatoms. The molecule has 1 atom stereocenters. The number of hydrogen-bond acceptors (Lipinski definition) is 18. The molecule has 3 heterocycles. The van der Waals surface area contributed by atoms with E-state index in [1.807, 2.05) is 61.7 Å². The number of carbonyl (C=O) groups is 7. The van der Waals surface area contributed by atoms with E-state index in [0.717, 1.165) is 28.7 Å². The maximum Gasteiger partial charge on any atom is 0.524 e. The molecule has 2 aromatic rings. The van der Waals surface area contributed by atoms with Crippen molar-refractivity contribution in [2.24, 2.45) is 5.92 Å². The molecule has 0 radical (unpaired) electrons. The number of ether oxygens (including phenoxy) is 5. The normalized spacial score (nSPS) is 16.5. The van der Waals surface area contributed by atoms with E-state index in [0.29, 0.717) is 43.7 Å². The maximum atomic E-state index is 11.9. The van der Waals surface area contributed by atoms with Gasteiger partial charge in [-0.25, -0.2) is 14.4 Å². The molecule has 77 heavy (non-hydrogen) atoms. The predicted molar refractivity (Wildman–Crippen MR) is 260 cm³/mol. The van der Waals surface area contributed by atoms with Gasteiger partial charge in [-0.1, -0.05) is 42.0 Å². The van der Waals surface area contributed by atoms with E-state index in [-0.39, 0.29) is 61.6 Å². The van der Waals surface area contributed by atoms with Crippen LogP contribution in [0.2, 0.25) is 0 Å². The van der Waals surface area contributed by atoms with Crippen molar-refractivity contribution in [3.63, 3.8) is 0 Å². The summed E-state index contributed by atoms with van der Waals surface area (Å²) >= 11 is 0. The highest BCUT2D eigenvalue weighted by atomic mass is 32.3. The molecule has 3 aliphatic heterocycles. The van der Waals surface area contributed by atoms with Crippen LogP contribution in [0.3, 0.4) is 0 Å². The van der Waals surface area contributed by atoms with Gasteiger partial charge in [-0.3, -0.25) is 19.2 Å². The molecule has 1 saturated heterocycles. The van der Waals surface area contributed by atoms with Crippen LogP contribution < -0.4 is 4.74 Å². The molecule has 21 nitrogen and oxygen atoms in total. The highest BCUT2D eigenvalue weighted by molar-refractivity contribution is 8.00. The summed E-state index contributed by atoms with van der Waals surface area (Å²) in [6.07, 6.45) is 1.26. The third kappa shape index (κ3) is 20.6. The largest absolute Gasteiger partial charge is 0.524 e. The van der Waals surface area contributed by atoms with Crippen LogP contribution in [-0.2, 0) is 62.0 Å². The molecule has 0 saturated carbocycles. The van der Waals surface area contributed by atoms with Gasteiger partial charge in [0.15, 0.2) is 12.1 Å². The van der Waals surface area contributed by atoms with Gasteiger partial charge in [0.05, 0.1) is 31.9 Å². The van der Waals surface area contributed by atoms with Crippen LogP contribution >= 0.6 is 0 Å². The number of benzene rings is 2. The number of ketones is 1. The molecule has 3 amide bonds. The van der Waals surface area contributed by atoms with Gasteiger partial charge >= 0.3 is 55.4 Å². The van der Waals surface area contributed by atoms with Crippen molar-refractivity contribution >= 4 is 67.9 Å². The highest BCUT2D eigenvalue weighted by Gasteiger charge is 2.57. The lowest BCUT2D eigenvalue weighted by Crippen LogP contribution is -2.48. The lowest BCUT2D eigenvalue weighted by Gasteiger charge is -2.32. The Morgan fingerprint density at radius 3 is 1.71 bits per heavy atom. The van der Waals surface area contributed by atoms with Crippen LogP contribution in [0.25, 0.3) is 5.57 Å². The van der Waals surface area contributed by atoms with Gasteiger partial charge in [0, 0.05) is 46.1 Å². The number of likely N-dealkylation sites (tertiary alicyclic amines) is 1. The molecule has 2 aromatic carbocycles. The highest BCUT2D eigenvalue weighted by Crippen LogP contribution is 2.33. The maximum absolute atomic E-state index is 11.9. The Hall–Kier alpha value is -6.75. The third-order valence-electron chi connectivity index (χ3n) is 10.6. The zero-order valence-electron chi connectivity index (χ0n) is 43.7. The number of aldehydes is 1. The first kappa shape index (κ1) is 66.4. The van der Waals surface area contributed by atoms with Crippen molar-refractivity contribution in [1.29, 1.82) is 0 Å². The number of phenols is 1. The van der Waals surface area contributed by atoms with Crippen LogP contribution in [-0.4, -0.2) is 161 Å². The second kappa shape index (κ2) is 27.5. The number of amides is 3. The molecule has 1 unspecified atom stereocenters. The number of carbonyl (C=O) groups excluding carboxylic acids is 7. The van der Waals surface area contributed by atoms with Crippen LogP contribution in [0.4, 0.5) is 35.9 Å². The van der Waals surface area contributed by atoms with Gasteiger partial charge in [0.25, 0.3) is 0 Å². The van der Waals surface area contributed by atoms with E-state index in [1.54, 1.807) is 44.7 Å². The third-order valence-corrected chi connectivity index (χ3v) is 13.1. The van der Waals surface area contributed by atoms with Gasteiger partial charge in [-0.15, -0.1) is 3.63 Å². The number of alkyl halides is 6. The minimum absolute atomic E-state index is 0.0282. The summed E-state index contributed by atoms with van der Waals surface area (Å²) in [5.41, 5.74) is -8.71. The number of aromatic hydroxyl groups is 1. The smallest absolute Gasteiger partial charge is 0.507 e. The zero-order valence-corrected chi connectivity index (χ0v) is 45.3. The summed E-state index contributed by atoms with van der Waals surface area (Å²) < 4.78 is 136. The number of hydrogen-bond donors (Lipinski definition) is 1. The monoisotopic (exact) mass is 1150 g/mol. The van der Waals surface area contributed by atoms with Crippen molar-refractivity contribution in [2.75, 3.05) is 60.1 Å². The minimum atomic E-state index is -6.85. The Kier molecular flexibility index (Phi) is 23.7. The molecule has 5 rings (SSSR count). The van der Waals surface area contributed by atoms with Gasteiger partial charge in [-0.2, -0.15) is 43.2 Å². The summed E-state index contributed by atoms with van der Waals surface area (Å²) in [6, 6.07) is 14.8. The van der Waals surface area contributed by atoms with Crippen molar-refractivity contribution in [1.82, 2.24) is 14.7 Å². The number of phenolic OH excluding ortho intramolecular Hbond substituents is 1. The Morgan fingerprint density at radius 2 is 1.23 bits per heavy atom. The SMILES string of the molecule is CC(=O)N1CCC(c2ccccc2)=C(COc2cccc(O)c2C=O)C1.COC(=O)C1=C(C)CCN(C(=O)OC(C)(C)C)C1.COC(=O)C1CN(C(=O)OC(C)(C)C)CCC1=O.O=S(=O)(OS(=O)(=O)C(F)(F)F)C(F)(F)F. The van der Waals surface area contributed by atoms with Crippen molar-refractivity contribution in [2.45, 2.75) is 96.9 Å². The van der Waals surface area contributed by atoms with E-state index in [4.69, 9.17) is 18.9 Å². The second-order valence-electron chi connectivity index (χ2n) is 18.7. The van der Waals surface area contributed by atoms with Crippen LogP contribution in [0, 0.1) is 5.92 Å². The zero-order chi connectivity index (χ0) is 59.1. The molecule has 430 valence electrons. The summed E-state index contributed by atoms with van der Waals surface area (Å²) in [6.45, 7) is 16.7. The number of piperidine rings is 1. The molecule has 1 fully saturated rings. The predicted octanol–water partition coefficient (Wildman–Crippen LogP) is 7.09. The standard InChI is InChI=1S/C21H21NO4.C13H21NO4.C12H19NO5.C2F6O5S2/c1-15(24)22-11-10-18(16-6-3-2-4-7-16)17(12-22)14-26-21-9-5-8-20(25)19(21)13-23;1-9-6-7-14(8-10(9)11(15)17-5)12(16)18-13(2,3)4;1-12(2,3)18-11(16)13-6-5-9(14)8(7-13)10(15)17-4;3-1(4,5)14(9,10)13-15(11,12)2(6,7)8/h2-9,13,25H,10-12,14H2,1H3;6-8H2,1-5H3;8H,5-7H2,1-4H3;. The fourth-order valence-electron chi connectivity index (χ4n) is 6.73. The summed E-state index contributed by atoms with van der Waals surface area (Å²) in [5.74, 6) is -1.81. The molecule has 1 N–H and O–H groups in total. The average Bonchev–Trinajstić information content (AvgIpc) is 3.31. The summed E-state index contributed by atoms with van der Waals surface area (Å²) in [7, 11) is -11.1. The quantitative estimate of drug-likeness (QED) is 0.0655. The molecule has 0 aromatic heterocycles. The fourth-order valence-corrected chi connectivity index (χ4v) is 8.29. The van der Waals surface area contributed by atoms with Crippen LogP contribution in [0.1, 0.15) is 90.6 Å². The number of esters is 2. The molecular weight excluding hydrogens is 1080 g/mol. The fraction of sp³-hybridized carbons (Fsp3) is 0.521. The number of nitrogens with zero attached hydrogens (tertiary/aromatic N) is 3. The van der Waals surface area contributed by atoms with E-state index in [9.17, 15) is 81.8 Å². The Morgan fingerprint density at radius 1 is 0.714 bits per heavy atom. The molecule has 3 aliphatic rings. The van der Waals surface area contributed by atoms with Crippen molar-refractivity contribution < 1.29 is 109 Å². The van der Waals surface area contributed by atoms with E-state index in [1.165, 1.54) is 30.1 Å². The van der Waals surface area contributed by atoms with Gasteiger partial charge in [0.2, 0.25) is 5.91 Å². The van der Waals surface area contributed by atoms with Crippen LogP contribution in [0.5, 0.6) is 11.5 Å². The number of rotatable bonds is 9. The van der Waals surface area contributed by atoms with E-state index in [2.05, 4.69) is 4.74 Å². The summed E-state index contributed by atoms with van der Waals surface area (Å²) in [5, 5.41) is 9.80. The van der Waals surface area contributed by atoms with E-state index >= 15 is 0 Å². The minimum Gasteiger partial charge on any atom is -0.507 e. The summed E-state index contributed by atoms with van der Waals surface area (Å²) in [4.78, 5) is 86.0.